The molecule has 0 aliphatic rings. The van der Waals surface area contributed by atoms with Gasteiger partial charge in [0.2, 0.25) is 0 Å². The molecule has 0 aliphatic carbocycles. The fourth-order valence-corrected chi connectivity index (χ4v) is 2.30. The molecule has 4 nitrogen and oxygen atoms in total. The standard InChI is InChI=1S/C14H11BrClN3O/c1-2-6-19-14(20)13(12(16)9-18-19)17-8-10-4-3-5-11(15)7-10/h1,3-5,7,9,17H,6,8H2. The van der Waals surface area contributed by atoms with Gasteiger partial charge in [-0.2, -0.15) is 5.10 Å². The SMILES string of the molecule is C#CCn1ncc(Cl)c(NCc2cccc(Br)c2)c1=O. The predicted octanol–water partition coefficient (Wildman–Crippen LogP) is 2.90. The molecule has 0 bridgehead atoms. The first-order valence-corrected chi connectivity index (χ1v) is 6.96. The van der Waals surface area contributed by atoms with E-state index < -0.39 is 0 Å². The van der Waals surface area contributed by atoms with E-state index in [2.05, 4.69) is 32.3 Å². The molecule has 1 aromatic heterocycles. The van der Waals surface area contributed by atoms with Crippen LogP contribution in [0.1, 0.15) is 5.56 Å². The number of anilines is 1. The minimum Gasteiger partial charge on any atom is -0.375 e. The van der Waals surface area contributed by atoms with Crippen LogP contribution < -0.4 is 10.9 Å². The van der Waals surface area contributed by atoms with Crippen LogP contribution in [-0.4, -0.2) is 9.78 Å². The first-order chi connectivity index (χ1) is 9.61. The summed E-state index contributed by atoms with van der Waals surface area (Å²) in [6.07, 6.45) is 6.60. The number of nitrogens with zero attached hydrogens (tertiary/aromatic N) is 2. The van der Waals surface area contributed by atoms with Gasteiger partial charge in [0, 0.05) is 11.0 Å². The normalized spacial score (nSPS) is 10.1. The van der Waals surface area contributed by atoms with Gasteiger partial charge < -0.3 is 5.32 Å². The summed E-state index contributed by atoms with van der Waals surface area (Å²) in [6.45, 7) is 0.593. The summed E-state index contributed by atoms with van der Waals surface area (Å²) in [5, 5.41) is 7.18. The number of benzene rings is 1. The highest BCUT2D eigenvalue weighted by molar-refractivity contribution is 9.10. The Morgan fingerprint density at radius 3 is 3.00 bits per heavy atom. The number of hydrogen-bond acceptors (Lipinski definition) is 3. The summed E-state index contributed by atoms with van der Waals surface area (Å²) in [5.74, 6) is 2.38. The maximum atomic E-state index is 12.1. The smallest absolute Gasteiger partial charge is 0.292 e. The fourth-order valence-electron chi connectivity index (χ4n) is 1.67. The molecule has 0 fully saturated rings. The summed E-state index contributed by atoms with van der Waals surface area (Å²) in [6, 6.07) is 7.77. The molecule has 0 aliphatic heterocycles. The van der Waals surface area contributed by atoms with Gasteiger partial charge in [0.1, 0.15) is 12.2 Å². The van der Waals surface area contributed by atoms with Crippen molar-refractivity contribution in [3.05, 3.63) is 55.9 Å². The highest BCUT2D eigenvalue weighted by Gasteiger charge is 2.09. The van der Waals surface area contributed by atoms with Gasteiger partial charge in [0.05, 0.1) is 11.2 Å². The lowest BCUT2D eigenvalue weighted by atomic mass is 10.2. The topological polar surface area (TPSA) is 46.9 Å². The first-order valence-electron chi connectivity index (χ1n) is 5.79. The Morgan fingerprint density at radius 2 is 2.30 bits per heavy atom. The summed E-state index contributed by atoms with van der Waals surface area (Å²) in [5.41, 5.74) is 0.998. The minimum absolute atomic E-state index is 0.113. The van der Waals surface area contributed by atoms with Crippen LogP contribution in [0.2, 0.25) is 5.02 Å². The molecule has 2 rings (SSSR count). The quantitative estimate of drug-likeness (QED) is 0.861. The van der Waals surface area contributed by atoms with Crippen LogP contribution in [0.25, 0.3) is 0 Å². The lowest BCUT2D eigenvalue weighted by molar-refractivity contribution is 0.664. The minimum atomic E-state index is -0.328. The summed E-state index contributed by atoms with van der Waals surface area (Å²) in [7, 11) is 0. The third-order valence-electron chi connectivity index (χ3n) is 2.60. The van der Waals surface area contributed by atoms with Gasteiger partial charge in [0.15, 0.2) is 0 Å². The van der Waals surface area contributed by atoms with E-state index >= 15 is 0 Å². The van der Waals surface area contributed by atoms with E-state index in [0.717, 1.165) is 10.0 Å². The van der Waals surface area contributed by atoms with Crippen molar-refractivity contribution >= 4 is 33.2 Å². The van der Waals surface area contributed by atoms with Gasteiger partial charge in [0.25, 0.3) is 5.56 Å². The number of rotatable bonds is 4. The molecule has 0 saturated carbocycles. The van der Waals surface area contributed by atoms with Crippen LogP contribution in [-0.2, 0) is 13.1 Å². The van der Waals surface area contributed by atoms with Crippen molar-refractivity contribution in [1.82, 2.24) is 9.78 Å². The highest BCUT2D eigenvalue weighted by Crippen LogP contribution is 2.17. The van der Waals surface area contributed by atoms with Crippen molar-refractivity contribution in [3.8, 4) is 12.3 Å². The molecule has 20 heavy (non-hydrogen) atoms. The predicted molar refractivity (Wildman–Crippen MR) is 83.8 cm³/mol. The third-order valence-corrected chi connectivity index (χ3v) is 3.38. The number of nitrogens with one attached hydrogen (secondary N) is 1. The van der Waals surface area contributed by atoms with Crippen LogP contribution in [0.15, 0.2) is 39.7 Å². The Bertz CT molecular complexity index is 721. The Morgan fingerprint density at radius 1 is 1.50 bits per heavy atom. The van der Waals surface area contributed by atoms with Crippen molar-refractivity contribution in [3.63, 3.8) is 0 Å². The van der Waals surface area contributed by atoms with Gasteiger partial charge in [-0.25, -0.2) is 4.68 Å². The maximum absolute atomic E-state index is 12.1. The van der Waals surface area contributed by atoms with Crippen LogP contribution in [0.3, 0.4) is 0 Å². The van der Waals surface area contributed by atoms with Crippen LogP contribution >= 0.6 is 27.5 Å². The second-order valence-corrected chi connectivity index (χ2v) is 5.34. The van der Waals surface area contributed by atoms with Crippen LogP contribution in [0, 0.1) is 12.3 Å². The zero-order valence-electron chi connectivity index (χ0n) is 10.4. The lowest BCUT2D eigenvalue weighted by Gasteiger charge is -2.09. The van der Waals surface area contributed by atoms with Crippen LogP contribution in [0.4, 0.5) is 5.69 Å². The van der Waals surface area contributed by atoms with E-state index in [9.17, 15) is 4.79 Å². The van der Waals surface area contributed by atoms with E-state index in [1.165, 1.54) is 10.9 Å². The summed E-state index contributed by atoms with van der Waals surface area (Å²) >= 11 is 9.40. The molecule has 1 N–H and O–H groups in total. The summed E-state index contributed by atoms with van der Waals surface area (Å²) < 4.78 is 2.16. The monoisotopic (exact) mass is 351 g/mol. The molecule has 0 unspecified atom stereocenters. The molecule has 0 spiro atoms. The average Bonchev–Trinajstić information content (AvgIpc) is 2.42. The van der Waals surface area contributed by atoms with Gasteiger partial charge >= 0.3 is 0 Å². The van der Waals surface area contributed by atoms with E-state index in [1.807, 2.05) is 24.3 Å². The zero-order chi connectivity index (χ0) is 14.5. The third kappa shape index (κ3) is 3.41. The Labute approximate surface area is 129 Å². The van der Waals surface area contributed by atoms with Gasteiger partial charge in [-0.15, -0.1) is 6.42 Å². The number of aromatic nitrogens is 2. The van der Waals surface area contributed by atoms with E-state index in [-0.39, 0.29) is 17.1 Å². The second-order valence-electron chi connectivity index (χ2n) is 4.02. The Hall–Kier alpha value is -1.77. The molecule has 102 valence electrons. The van der Waals surface area contributed by atoms with E-state index in [4.69, 9.17) is 18.0 Å². The zero-order valence-corrected chi connectivity index (χ0v) is 12.8. The molecule has 2 aromatic rings. The molecule has 1 aromatic carbocycles. The molecule has 0 radical (unpaired) electrons. The van der Waals surface area contributed by atoms with Crippen molar-refractivity contribution in [1.29, 1.82) is 0 Å². The number of hydrogen-bond donors (Lipinski definition) is 1. The fraction of sp³-hybridized carbons (Fsp3) is 0.143. The van der Waals surface area contributed by atoms with Gasteiger partial charge in [-0.05, 0) is 17.7 Å². The lowest BCUT2D eigenvalue weighted by Crippen LogP contribution is -2.25. The van der Waals surface area contributed by atoms with Crippen molar-refractivity contribution < 1.29 is 0 Å². The Balaban J connectivity index is 2.23. The first kappa shape index (κ1) is 14.6. The van der Waals surface area contributed by atoms with Crippen LogP contribution in [0.5, 0.6) is 0 Å². The molecule has 1 heterocycles. The number of terminal acetylenes is 1. The molecule has 0 saturated heterocycles. The maximum Gasteiger partial charge on any atom is 0.292 e. The van der Waals surface area contributed by atoms with E-state index in [1.54, 1.807) is 0 Å². The van der Waals surface area contributed by atoms with Gasteiger partial charge in [-0.1, -0.05) is 45.6 Å². The molecule has 6 heteroatoms. The van der Waals surface area contributed by atoms with Crippen molar-refractivity contribution in [2.75, 3.05) is 5.32 Å². The molecular formula is C14H11BrClN3O. The molecule has 0 atom stereocenters. The largest absolute Gasteiger partial charge is 0.375 e. The highest BCUT2D eigenvalue weighted by atomic mass is 79.9. The van der Waals surface area contributed by atoms with Crippen molar-refractivity contribution in [2.24, 2.45) is 0 Å². The van der Waals surface area contributed by atoms with Gasteiger partial charge in [-0.3, -0.25) is 4.79 Å². The number of halogens is 2. The van der Waals surface area contributed by atoms with Crippen molar-refractivity contribution in [2.45, 2.75) is 13.1 Å². The van der Waals surface area contributed by atoms with E-state index in [0.29, 0.717) is 12.2 Å². The molecule has 0 amide bonds. The average molecular weight is 353 g/mol. The Kier molecular flexibility index (Phi) is 4.83. The molecular weight excluding hydrogens is 342 g/mol. The summed E-state index contributed by atoms with van der Waals surface area (Å²) in [4.78, 5) is 12.1. The second kappa shape index (κ2) is 6.60.